The van der Waals surface area contributed by atoms with Crippen LogP contribution in [0.1, 0.15) is 51.9 Å². The minimum atomic E-state index is -5.85. The number of fused-ring (bicyclic) bond motifs is 1. The van der Waals surface area contributed by atoms with Crippen LogP contribution in [0.3, 0.4) is 0 Å². The van der Waals surface area contributed by atoms with Crippen LogP contribution >= 0.6 is 0 Å². The molecule has 2 atom stereocenters. The lowest BCUT2D eigenvalue weighted by molar-refractivity contribution is -0.347. The second-order valence-corrected chi connectivity index (χ2v) is 8.29. The molecule has 0 radical (unpaired) electrons. The Labute approximate surface area is 153 Å². The van der Waals surface area contributed by atoms with Gasteiger partial charge in [-0.25, -0.2) is 0 Å². The molecule has 0 spiro atoms. The number of allylic oxidation sites excluding steroid dienone is 3. The number of Topliss-reactive ketones (excluding diaryl/α,β-unsaturated/α-hetero) is 1. The molecular weight excluding hydrogens is 374 g/mol. The minimum Gasteiger partial charge on any atom is -0.370 e. The molecule has 27 heavy (non-hydrogen) atoms. The molecule has 0 aromatic heterocycles. The first kappa shape index (κ1) is 20.4. The minimum absolute atomic E-state index is 0.0101. The van der Waals surface area contributed by atoms with Gasteiger partial charge in [-0.3, -0.25) is 4.79 Å². The molecule has 0 bridgehead atoms. The number of carbonyl (C=O) groups excluding carboxylic acids is 1. The Morgan fingerprint density at radius 2 is 1.74 bits per heavy atom. The topological polar surface area (TPSA) is 37.3 Å². The summed E-state index contributed by atoms with van der Waals surface area (Å²) in [7, 11) is 0. The van der Waals surface area contributed by atoms with E-state index in [0.29, 0.717) is 25.7 Å². The quantitative estimate of drug-likeness (QED) is 0.519. The molecule has 2 fully saturated rings. The van der Waals surface area contributed by atoms with Gasteiger partial charge in [-0.15, -0.1) is 0 Å². The largest absolute Gasteiger partial charge is 0.429 e. The molecule has 8 heteroatoms. The van der Waals surface area contributed by atoms with Gasteiger partial charge in [-0.05, 0) is 55.4 Å². The molecule has 2 nitrogen and oxygen atoms in total. The molecule has 1 N–H and O–H groups in total. The van der Waals surface area contributed by atoms with Crippen molar-refractivity contribution in [2.45, 2.75) is 69.8 Å². The van der Waals surface area contributed by atoms with E-state index in [9.17, 15) is 36.2 Å². The number of rotatable bonds is 4. The van der Waals surface area contributed by atoms with Crippen molar-refractivity contribution in [3.63, 3.8) is 0 Å². The third-order valence-electron chi connectivity index (χ3n) is 6.61. The SMILES string of the molecule is C[C@@]12CCCC(=O)[C@@H]1CC=C2C1(C/C=C\C(O)(C(F)(F)F)C(F)(F)F)CC1. The van der Waals surface area contributed by atoms with Gasteiger partial charge in [0.1, 0.15) is 5.78 Å². The van der Waals surface area contributed by atoms with Crippen LogP contribution in [0.2, 0.25) is 0 Å². The van der Waals surface area contributed by atoms with Gasteiger partial charge in [-0.2, -0.15) is 26.3 Å². The monoisotopic (exact) mass is 396 g/mol. The van der Waals surface area contributed by atoms with Crippen LogP contribution in [-0.2, 0) is 4.79 Å². The third-order valence-corrected chi connectivity index (χ3v) is 6.61. The van der Waals surface area contributed by atoms with E-state index in [2.05, 4.69) is 0 Å². The molecule has 0 aromatic rings. The first-order valence-corrected chi connectivity index (χ1v) is 9.04. The molecule has 3 rings (SSSR count). The van der Waals surface area contributed by atoms with Crippen molar-refractivity contribution >= 4 is 5.78 Å². The Morgan fingerprint density at radius 1 is 1.15 bits per heavy atom. The van der Waals surface area contributed by atoms with Gasteiger partial charge in [-0.1, -0.05) is 24.6 Å². The molecule has 3 aliphatic rings. The summed E-state index contributed by atoms with van der Waals surface area (Å²) in [4.78, 5) is 12.2. The van der Waals surface area contributed by atoms with Gasteiger partial charge in [0.15, 0.2) is 0 Å². The summed E-state index contributed by atoms with van der Waals surface area (Å²) in [5.41, 5.74) is -4.70. The van der Waals surface area contributed by atoms with E-state index >= 15 is 0 Å². The van der Waals surface area contributed by atoms with Gasteiger partial charge in [0, 0.05) is 12.3 Å². The van der Waals surface area contributed by atoms with Crippen LogP contribution < -0.4 is 0 Å². The highest BCUT2D eigenvalue weighted by Gasteiger charge is 2.69. The number of hydrogen-bond donors (Lipinski definition) is 1. The number of alkyl halides is 6. The van der Waals surface area contributed by atoms with Crippen LogP contribution in [0.15, 0.2) is 23.8 Å². The van der Waals surface area contributed by atoms with E-state index in [1.807, 2.05) is 13.0 Å². The normalized spacial score (nSPS) is 31.2. The Hall–Kier alpha value is -1.31. The van der Waals surface area contributed by atoms with Gasteiger partial charge < -0.3 is 5.11 Å². The van der Waals surface area contributed by atoms with Crippen LogP contribution in [0.4, 0.5) is 26.3 Å². The summed E-state index contributed by atoms with van der Waals surface area (Å²) in [6.07, 6.45) is -5.12. The summed E-state index contributed by atoms with van der Waals surface area (Å²) in [6, 6.07) is 0. The maximum Gasteiger partial charge on any atom is 0.429 e. The lowest BCUT2D eigenvalue weighted by atomic mass is 9.62. The van der Waals surface area contributed by atoms with E-state index in [0.717, 1.165) is 24.5 Å². The van der Waals surface area contributed by atoms with E-state index in [4.69, 9.17) is 0 Å². The van der Waals surface area contributed by atoms with E-state index in [1.165, 1.54) is 0 Å². The fraction of sp³-hybridized carbons (Fsp3) is 0.737. The highest BCUT2D eigenvalue weighted by atomic mass is 19.4. The van der Waals surface area contributed by atoms with E-state index in [1.54, 1.807) is 0 Å². The molecule has 0 saturated heterocycles. The number of halogens is 6. The standard InChI is InChI=1S/C19H22F6O2/c1-15-7-2-4-13(26)12(15)5-6-14(15)16(10-11-16)8-3-9-17(27,18(20,21)22)19(23,24)25/h3,6,9,12,27H,2,4-5,7-8,10-11H2,1H3/b9-3-/t12-,15+/m0/s1. The zero-order valence-electron chi connectivity index (χ0n) is 14.9. The van der Waals surface area contributed by atoms with Crippen molar-refractivity contribution in [1.82, 2.24) is 0 Å². The average Bonchev–Trinajstić information content (AvgIpc) is 3.19. The molecule has 2 saturated carbocycles. The highest BCUT2D eigenvalue weighted by Crippen LogP contribution is 2.66. The highest BCUT2D eigenvalue weighted by molar-refractivity contribution is 5.84. The Morgan fingerprint density at radius 3 is 2.26 bits per heavy atom. The number of aliphatic hydroxyl groups is 1. The second kappa shape index (κ2) is 6.09. The van der Waals surface area contributed by atoms with Gasteiger partial charge in [0.25, 0.3) is 5.60 Å². The van der Waals surface area contributed by atoms with Gasteiger partial charge >= 0.3 is 12.4 Å². The van der Waals surface area contributed by atoms with Crippen molar-refractivity contribution in [3.05, 3.63) is 23.8 Å². The van der Waals surface area contributed by atoms with Crippen LogP contribution in [0.5, 0.6) is 0 Å². The van der Waals surface area contributed by atoms with E-state index < -0.39 is 23.4 Å². The molecule has 152 valence electrons. The Kier molecular flexibility index (Phi) is 4.61. The molecule has 0 unspecified atom stereocenters. The number of carbonyl (C=O) groups is 1. The third kappa shape index (κ3) is 3.13. The first-order valence-electron chi connectivity index (χ1n) is 9.04. The lowest BCUT2D eigenvalue weighted by Gasteiger charge is -2.41. The number of ketones is 1. The smallest absolute Gasteiger partial charge is 0.370 e. The van der Waals surface area contributed by atoms with Gasteiger partial charge in [0.05, 0.1) is 0 Å². The fourth-order valence-corrected chi connectivity index (χ4v) is 4.88. The Balaban J connectivity index is 1.80. The predicted molar refractivity (Wildman–Crippen MR) is 85.6 cm³/mol. The Bertz CT molecular complexity index is 669. The van der Waals surface area contributed by atoms with Crippen LogP contribution in [0, 0.1) is 16.7 Å². The maximum absolute atomic E-state index is 12.8. The zero-order chi connectivity index (χ0) is 20.3. The first-order chi connectivity index (χ1) is 12.3. The maximum atomic E-state index is 12.8. The summed E-state index contributed by atoms with van der Waals surface area (Å²) in [5.74, 6) is 0.0508. The summed E-state index contributed by atoms with van der Waals surface area (Å²) >= 11 is 0. The van der Waals surface area contributed by atoms with Gasteiger partial charge in [0.2, 0.25) is 0 Å². The fourth-order valence-electron chi connectivity index (χ4n) is 4.88. The van der Waals surface area contributed by atoms with Crippen molar-refractivity contribution < 1.29 is 36.2 Å². The molecule has 0 aromatic carbocycles. The molecule has 0 heterocycles. The van der Waals surface area contributed by atoms with Crippen LogP contribution in [-0.4, -0.2) is 28.8 Å². The molecule has 0 amide bonds. The van der Waals surface area contributed by atoms with Crippen molar-refractivity contribution in [2.24, 2.45) is 16.7 Å². The molecular formula is C19H22F6O2. The number of hydrogen-bond acceptors (Lipinski definition) is 2. The molecule has 3 aliphatic carbocycles. The van der Waals surface area contributed by atoms with Crippen LogP contribution in [0.25, 0.3) is 0 Å². The van der Waals surface area contributed by atoms with Crippen molar-refractivity contribution in [3.8, 4) is 0 Å². The predicted octanol–water partition coefficient (Wildman–Crippen LogP) is 5.27. The summed E-state index contributed by atoms with van der Waals surface area (Å²) in [6.45, 7) is 1.99. The van der Waals surface area contributed by atoms with E-state index in [-0.39, 0.29) is 29.6 Å². The summed E-state index contributed by atoms with van der Waals surface area (Å²) in [5, 5.41) is 9.24. The molecule has 0 aliphatic heterocycles. The second-order valence-electron chi connectivity index (χ2n) is 8.29. The van der Waals surface area contributed by atoms with Crippen molar-refractivity contribution in [2.75, 3.05) is 0 Å². The van der Waals surface area contributed by atoms with Crippen molar-refractivity contribution in [1.29, 1.82) is 0 Å². The average molecular weight is 396 g/mol. The lowest BCUT2D eigenvalue weighted by Crippen LogP contribution is -2.55. The zero-order valence-corrected chi connectivity index (χ0v) is 14.9. The summed E-state index contributed by atoms with van der Waals surface area (Å²) < 4.78 is 76.8.